The average molecular weight is 145 g/mol. The van der Waals surface area contributed by atoms with Crippen LogP contribution in [0.3, 0.4) is 0 Å². The lowest BCUT2D eigenvalue weighted by atomic mass is 10.1. The summed E-state index contributed by atoms with van der Waals surface area (Å²) in [4.78, 5) is 0. The highest BCUT2D eigenvalue weighted by molar-refractivity contribution is 5.82. The number of benzene rings is 2. The van der Waals surface area contributed by atoms with Crippen molar-refractivity contribution in [3.63, 3.8) is 0 Å². The van der Waals surface area contributed by atoms with E-state index >= 15 is 0 Å². The van der Waals surface area contributed by atoms with Gasteiger partial charge in [0.2, 0.25) is 0 Å². The van der Waals surface area contributed by atoms with Crippen molar-refractivity contribution in [3.8, 4) is 0 Å². The Balaban J connectivity index is 2.91. The summed E-state index contributed by atoms with van der Waals surface area (Å²) in [5.41, 5.74) is 0. The molecule has 0 saturated carbocycles. The molecule has 0 saturated heterocycles. The molecule has 0 aliphatic rings. The van der Waals surface area contributed by atoms with Gasteiger partial charge in [-0.15, -0.1) is 0 Å². The molecule has 0 spiro atoms. The molecule has 0 fully saturated rings. The second-order valence-corrected chi connectivity index (χ2v) is 2.37. The number of hydrogen-bond acceptors (Lipinski definition) is 0. The molecule has 53 valence electrons. The van der Waals surface area contributed by atoms with Crippen molar-refractivity contribution in [2.75, 3.05) is 0 Å². The van der Waals surface area contributed by atoms with Crippen molar-refractivity contribution >= 4 is 10.8 Å². The first-order valence-corrected chi connectivity index (χ1v) is 3.43. The van der Waals surface area contributed by atoms with E-state index in [9.17, 15) is 4.39 Å². The van der Waals surface area contributed by atoms with E-state index in [4.69, 9.17) is 0 Å². The standard InChI is InChI=1S/C10H6F/c11-10-7-3-5-8-4-1-2-6-9(8)10/h1-5,7H. The van der Waals surface area contributed by atoms with Gasteiger partial charge >= 0.3 is 0 Å². The van der Waals surface area contributed by atoms with Crippen molar-refractivity contribution in [2.24, 2.45) is 0 Å². The lowest BCUT2D eigenvalue weighted by Crippen LogP contribution is -1.76. The molecule has 0 nitrogen and oxygen atoms in total. The SMILES string of the molecule is Fc1cccc2ccc[c]c12. The van der Waals surface area contributed by atoms with E-state index in [-0.39, 0.29) is 5.82 Å². The zero-order chi connectivity index (χ0) is 7.68. The second-order valence-electron chi connectivity index (χ2n) is 2.37. The fourth-order valence-electron chi connectivity index (χ4n) is 1.12. The third-order valence-electron chi connectivity index (χ3n) is 1.65. The minimum atomic E-state index is -0.205. The van der Waals surface area contributed by atoms with E-state index in [1.54, 1.807) is 12.1 Å². The molecule has 0 amide bonds. The fraction of sp³-hybridized carbons (Fsp3) is 0. The van der Waals surface area contributed by atoms with Gasteiger partial charge in [0.15, 0.2) is 0 Å². The third kappa shape index (κ3) is 0.984. The number of halogens is 1. The van der Waals surface area contributed by atoms with Gasteiger partial charge in [-0.2, -0.15) is 0 Å². The first kappa shape index (κ1) is 6.35. The predicted molar refractivity (Wildman–Crippen MR) is 42.7 cm³/mol. The largest absolute Gasteiger partial charge is 0.206 e. The molecule has 0 aliphatic heterocycles. The van der Waals surface area contributed by atoms with Crippen molar-refractivity contribution in [2.45, 2.75) is 0 Å². The van der Waals surface area contributed by atoms with Gasteiger partial charge in [-0.05, 0) is 17.5 Å². The van der Waals surface area contributed by atoms with Gasteiger partial charge in [-0.1, -0.05) is 30.3 Å². The molecule has 0 aliphatic carbocycles. The van der Waals surface area contributed by atoms with Crippen molar-refractivity contribution in [3.05, 3.63) is 48.3 Å². The summed E-state index contributed by atoms with van der Waals surface area (Å²) in [5.74, 6) is -0.205. The molecule has 0 N–H and O–H groups in total. The Hall–Kier alpha value is -1.37. The zero-order valence-corrected chi connectivity index (χ0v) is 5.84. The Morgan fingerprint density at radius 2 is 1.91 bits per heavy atom. The minimum absolute atomic E-state index is 0.205. The van der Waals surface area contributed by atoms with E-state index in [0.717, 1.165) is 5.39 Å². The van der Waals surface area contributed by atoms with Gasteiger partial charge in [-0.3, -0.25) is 0 Å². The van der Waals surface area contributed by atoms with Crippen LogP contribution in [-0.2, 0) is 0 Å². The summed E-state index contributed by atoms with van der Waals surface area (Å²) in [6.45, 7) is 0. The molecule has 2 aromatic rings. The topological polar surface area (TPSA) is 0 Å². The van der Waals surface area contributed by atoms with Gasteiger partial charge in [0.25, 0.3) is 0 Å². The van der Waals surface area contributed by atoms with Crippen LogP contribution >= 0.6 is 0 Å². The maximum atomic E-state index is 13.0. The van der Waals surface area contributed by atoms with Crippen LogP contribution in [0.15, 0.2) is 36.4 Å². The van der Waals surface area contributed by atoms with Gasteiger partial charge in [-0.25, -0.2) is 4.39 Å². The van der Waals surface area contributed by atoms with Crippen LogP contribution in [0, 0.1) is 11.9 Å². The smallest absolute Gasteiger partial charge is 0.131 e. The maximum absolute atomic E-state index is 13.0. The summed E-state index contributed by atoms with van der Waals surface area (Å²) in [5, 5.41) is 1.46. The van der Waals surface area contributed by atoms with Crippen LogP contribution in [0.2, 0.25) is 0 Å². The summed E-state index contributed by atoms with van der Waals surface area (Å²) in [6, 6.07) is 13.3. The Kier molecular flexibility index (Phi) is 1.35. The van der Waals surface area contributed by atoms with Gasteiger partial charge < -0.3 is 0 Å². The molecular formula is C10H6F. The highest BCUT2D eigenvalue weighted by Crippen LogP contribution is 2.15. The van der Waals surface area contributed by atoms with Crippen molar-refractivity contribution < 1.29 is 4.39 Å². The molecule has 1 heteroatoms. The Morgan fingerprint density at radius 1 is 1.09 bits per heavy atom. The first-order valence-electron chi connectivity index (χ1n) is 3.43. The van der Waals surface area contributed by atoms with Crippen molar-refractivity contribution in [1.82, 2.24) is 0 Å². The quantitative estimate of drug-likeness (QED) is 0.534. The lowest BCUT2D eigenvalue weighted by molar-refractivity contribution is 0.640. The molecule has 0 heterocycles. The molecule has 1 radical (unpaired) electrons. The fourth-order valence-corrected chi connectivity index (χ4v) is 1.12. The van der Waals surface area contributed by atoms with Crippen LogP contribution in [0.1, 0.15) is 0 Å². The molecule has 0 unspecified atom stereocenters. The summed E-state index contributed by atoms with van der Waals surface area (Å²) in [7, 11) is 0. The normalized spacial score (nSPS) is 10.3. The van der Waals surface area contributed by atoms with Crippen LogP contribution in [-0.4, -0.2) is 0 Å². The van der Waals surface area contributed by atoms with Crippen LogP contribution in [0.25, 0.3) is 10.8 Å². The molecule has 0 atom stereocenters. The highest BCUT2D eigenvalue weighted by Gasteiger charge is 1.96. The first-order chi connectivity index (χ1) is 5.38. The van der Waals surface area contributed by atoms with E-state index < -0.39 is 0 Å². The van der Waals surface area contributed by atoms with Gasteiger partial charge in [0, 0.05) is 5.39 Å². The Bertz CT molecular complexity index is 374. The second kappa shape index (κ2) is 2.35. The summed E-state index contributed by atoms with van der Waals surface area (Å²) in [6.07, 6.45) is 0. The van der Waals surface area contributed by atoms with E-state index in [1.165, 1.54) is 6.07 Å². The highest BCUT2D eigenvalue weighted by atomic mass is 19.1. The predicted octanol–water partition coefficient (Wildman–Crippen LogP) is 2.78. The monoisotopic (exact) mass is 145 g/mol. The number of rotatable bonds is 0. The molecule has 0 bridgehead atoms. The van der Waals surface area contributed by atoms with Gasteiger partial charge in [0.05, 0.1) is 0 Å². The van der Waals surface area contributed by atoms with Crippen LogP contribution in [0.5, 0.6) is 0 Å². The minimum Gasteiger partial charge on any atom is -0.206 e. The molecule has 0 aromatic heterocycles. The molecule has 2 rings (SSSR count). The number of hydrogen-bond donors (Lipinski definition) is 0. The van der Waals surface area contributed by atoms with E-state index in [1.807, 2.05) is 18.2 Å². The lowest BCUT2D eigenvalue weighted by Gasteiger charge is -1.95. The number of fused-ring (bicyclic) bond motifs is 1. The summed E-state index contributed by atoms with van der Waals surface area (Å²) < 4.78 is 13.0. The maximum Gasteiger partial charge on any atom is 0.131 e. The van der Waals surface area contributed by atoms with Gasteiger partial charge in [0.1, 0.15) is 5.82 Å². The molecular weight excluding hydrogens is 139 g/mol. The van der Waals surface area contributed by atoms with Crippen molar-refractivity contribution in [1.29, 1.82) is 0 Å². The van der Waals surface area contributed by atoms with E-state index in [0.29, 0.717) is 5.39 Å². The Labute approximate surface area is 64.3 Å². The third-order valence-corrected chi connectivity index (χ3v) is 1.65. The molecule has 11 heavy (non-hydrogen) atoms. The van der Waals surface area contributed by atoms with E-state index in [2.05, 4.69) is 6.07 Å². The zero-order valence-electron chi connectivity index (χ0n) is 5.84. The molecule has 2 aromatic carbocycles. The van der Waals surface area contributed by atoms with Crippen LogP contribution < -0.4 is 0 Å². The average Bonchev–Trinajstić information content (AvgIpc) is 2.06. The Morgan fingerprint density at radius 3 is 2.73 bits per heavy atom. The van der Waals surface area contributed by atoms with Crippen LogP contribution in [0.4, 0.5) is 4.39 Å². The summed E-state index contributed by atoms with van der Waals surface area (Å²) >= 11 is 0.